The molecule has 0 atom stereocenters. The maximum atomic E-state index is 12.5. The van der Waals surface area contributed by atoms with Crippen LogP contribution in [0, 0.1) is 0 Å². The highest BCUT2D eigenvalue weighted by molar-refractivity contribution is 6.08. The number of esters is 1. The molecule has 2 heterocycles. The maximum absolute atomic E-state index is 12.5. The van der Waals surface area contributed by atoms with Gasteiger partial charge in [-0.2, -0.15) is 0 Å². The van der Waals surface area contributed by atoms with Gasteiger partial charge in [-0.1, -0.05) is 0 Å². The Morgan fingerprint density at radius 3 is 2.76 bits per heavy atom. The normalized spacial score (nSPS) is 16.8. The van der Waals surface area contributed by atoms with E-state index in [1.165, 1.54) is 12.0 Å². The van der Waals surface area contributed by atoms with E-state index in [9.17, 15) is 9.59 Å². The Kier molecular flexibility index (Phi) is 4.99. The van der Waals surface area contributed by atoms with E-state index in [1.54, 1.807) is 12.1 Å². The van der Waals surface area contributed by atoms with E-state index in [0.29, 0.717) is 24.7 Å². The lowest BCUT2D eigenvalue weighted by atomic mass is 10.2. The summed E-state index contributed by atoms with van der Waals surface area (Å²) < 4.78 is 10.2. The largest absolute Gasteiger partial charge is 0.476 e. The van der Waals surface area contributed by atoms with Crippen LogP contribution < -0.4 is 5.32 Å². The molecule has 1 amide bonds. The molecular weight excluding hydrogens is 326 g/mol. The topological polar surface area (TPSA) is 100 Å². The number of carbonyl (C=O) groups is 2. The number of ether oxygens (including phenoxy) is 2. The van der Waals surface area contributed by atoms with Gasteiger partial charge in [0.1, 0.15) is 12.3 Å². The zero-order valence-electron chi connectivity index (χ0n) is 13.8. The molecule has 0 radical (unpaired) electrons. The first-order valence-electron chi connectivity index (χ1n) is 7.90. The monoisotopic (exact) mass is 345 g/mol. The molecular formula is C17H19N3O5. The summed E-state index contributed by atoms with van der Waals surface area (Å²) in [7, 11) is 1.27. The molecule has 2 aliphatic heterocycles. The molecule has 2 N–H and O–H groups in total. The SMILES string of the molecule is COC(=O)C1=C(Nc2ccc(C3=NCCO3)cc2)C(=O)N(CCO)C1. The molecule has 0 saturated heterocycles. The Morgan fingerprint density at radius 2 is 2.16 bits per heavy atom. The van der Waals surface area contributed by atoms with Gasteiger partial charge in [0, 0.05) is 17.8 Å². The second-order valence-electron chi connectivity index (χ2n) is 5.53. The summed E-state index contributed by atoms with van der Waals surface area (Å²) in [6.07, 6.45) is 0. The van der Waals surface area contributed by atoms with Gasteiger partial charge < -0.3 is 24.8 Å². The molecule has 8 nitrogen and oxygen atoms in total. The van der Waals surface area contributed by atoms with Crippen LogP contribution in [0.5, 0.6) is 0 Å². The number of β-amino-alcohol motifs (C(OH)–C–C–N with tert-alkyl or cyclic N) is 1. The number of hydrogen-bond donors (Lipinski definition) is 2. The molecule has 2 aliphatic rings. The fourth-order valence-corrected chi connectivity index (χ4v) is 2.70. The van der Waals surface area contributed by atoms with Gasteiger partial charge in [-0.3, -0.25) is 4.79 Å². The number of aliphatic hydroxyl groups excluding tert-OH is 1. The minimum absolute atomic E-state index is 0.108. The molecule has 25 heavy (non-hydrogen) atoms. The standard InChI is InChI=1S/C17H19N3O5/c1-24-17(23)13-10-20(7-8-21)16(22)14(13)19-12-4-2-11(3-5-12)15-18-6-9-25-15/h2-5,19,21H,6-10H2,1H3. The van der Waals surface area contributed by atoms with Crippen molar-refractivity contribution in [3.05, 3.63) is 41.1 Å². The second kappa shape index (κ2) is 7.35. The van der Waals surface area contributed by atoms with Crippen LogP contribution in [0.15, 0.2) is 40.5 Å². The highest BCUT2D eigenvalue weighted by Crippen LogP contribution is 2.23. The number of hydrogen-bond acceptors (Lipinski definition) is 7. The summed E-state index contributed by atoms with van der Waals surface area (Å²) in [4.78, 5) is 30.0. The van der Waals surface area contributed by atoms with Crippen LogP contribution in [0.2, 0.25) is 0 Å². The number of amides is 1. The van der Waals surface area contributed by atoms with Gasteiger partial charge >= 0.3 is 5.97 Å². The molecule has 0 spiro atoms. The number of carbonyl (C=O) groups excluding carboxylic acids is 2. The predicted molar refractivity (Wildman–Crippen MR) is 90.1 cm³/mol. The van der Waals surface area contributed by atoms with Gasteiger partial charge in [0.25, 0.3) is 5.91 Å². The van der Waals surface area contributed by atoms with Crippen molar-refractivity contribution in [3.63, 3.8) is 0 Å². The maximum Gasteiger partial charge on any atom is 0.337 e. The quantitative estimate of drug-likeness (QED) is 0.711. The fraction of sp³-hybridized carbons (Fsp3) is 0.353. The first-order chi connectivity index (χ1) is 12.1. The van der Waals surface area contributed by atoms with Crippen LogP contribution in [0.1, 0.15) is 5.56 Å². The van der Waals surface area contributed by atoms with Gasteiger partial charge in [0.15, 0.2) is 0 Å². The second-order valence-corrected chi connectivity index (χ2v) is 5.53. The van der Waals surface area contributed by atoms with Gasteiger partial charge in [0.2, 0.25) is 5.90 Å². The summed E-state index contributed by atoms with van der Waals surface area (Å²) in [6.45, 7) is 1.32. The molecule has 0 saturated carbocycles. The molecule has 132 valence electrons. The summed E-state index contributed by atoms with van der Waals surface area (Å²) in [5, 5.41) is 12.1. The Morgan fingerprint density at radius 1 is 1.40 bits per heavy atom. The number of aliphatic hydroxyl groups is 1. The zero-order chi connectivity index (χ0) is 17.8. The number of methoxy groups -OCH3 is 1. The molecule has 8 heteroatoms. The average molecular weight is 345 g/mol. The number of nitrogens with zero attached hydrogens (tertiary/aromatic N) is 2. The van der Waals surface area contributed by atoms with Crippen LogP contribution in [0.4, 0.5) is 5.69 Å². The summed E-state index contributed by atoms with van der Waals surface area (Å²) in [5.41, 5.74) is 1.92. The van der Waals surface area contributed by atoms with Gasteiger partial charge in [-0.05, 0) is 24.3 Å². The molecule has 0 aromatic heterocycles. The van der Waals surface area contributed by atoms with E-state index < -0.39 is 5.97 Å². The number of aliphatic imine (C=N–C) groups is 1. The first kappa shape index (κ1) is 17.0. The highest BCUT2D eigenvalue weighted by atomic mass is 16.5. The predicted octanol–water partition coefficient (Wildman–Crippen LogP) is 0.137. The van der Waals surface area contributed by atoms with Gasteiger partial charge in [-0.15, -0.1) is 0 Å². The van der Waals surface area contributed by atoms with E-state index in [4.69, 9.17) is 14.6 Å². The van der Waals surface area contributed by atoms with Crippen LogP contribution >= 0.6 is 0 Å². The summed E-state index contributed by atoms with van der Waals surface area (Å²) >= 11 is 0. The van der Waals surface area contributed by atoms with Crippen molar-refractivity contribution in [2.24, 2.45) is 4.99 Å². The Bertz CT molecular complexity index is 739. The molecule has 0 unspecified atom stereocenters. The Labute approximate surface area is 144 Å². The third-order valence-electron chi connectivity index (χ3n) is 3.94. The Hall–Kier alpha value is -2.87. The first-order valence-corrected chi connectivity index (χ1v) is 7.90. The van der Waals surface area contributed by atoms with Crippen LogP contribution in [0.25, 0.3) is 0 Å². The van der Waals surface area contributed by atoms with Crippen molar-refractivity contribution >= 4 is 23.5 Å². The molecule has 0 bridgehead atoms. The number of anilines is 1. The van der Waals surface area contributed by atoms with Crippen LogP contribution in [0.3, 0.4) is 0 Å². The van der Waals surface area contributed by atoms with Crippen LogP contribution in [-0.4, -0.2) is 67.7 Å². The zero-order valence-corrected chi connectivity index (χ0v) is 13.8. The van der Waals surface area contributed by atoms with Crippen molar-refractivity contribution in [2.75, 3.05) is 45.3 Å². The van der Waals surface area contributed by atoms with Gasteiger partial charge in [0.05, 0.1) is 32.4 Å². The molecule has 1 aromatic carbocycles. The van der Waals surface area contributed by atoms with E-state index in [-0.39, 0.29) is 36.9 Å². The lowest BCUT2D eigenvalue weighted by Gasteiger charge is -2.15. The smallest absolute Gasteiger partial charge is 0.337 e. The summed E-state index contributed by atoms with van der Waals surface area (Å²) in [6, 6.07) is 7.22. The third kappa shape index (κ3) is 3.48. The van der Waals surface area contributed by atoms with Crippen molar-refractivity contribution in [3.8, 4) is 0 Å². The minimum atomic E-state index is -0.568. The molecule has 0 fully saturated rings. The van der Waals surface area contributed by atoms with E-state index >= 15 is 0 Å². The molecule has 3 rings (SSSR count). The fourth-order valence-electron chi connectivity index (χ4n) is 2.70. The lowest BCUT2D eigenvalue weighted by Crippen LogP contribution is -2.31. The van der Waals surface area contributed by atoms with Crippen molar-refractivity contribution in [1.82, 2.24) is 4.90 Å². The number of nitrogens with one attached hydrogen (secondary N) is 1. The lowest BCUT2D eigenvalue weighted by molar-refractivity contribution is -0.136. The van der Waals surface area contributed by atoms with Crippen molar-refractivity contribution in [1.29, 1.82) is 0 Å². The highest BCUT2D eigenvalue weighted by Gasteiger charge is 2.34. The average Bonchev–Trinajstić information content (AvgIpc) is 3.26. The van der Waals surface area contributed by atoms with Gasteiger partial charge in [-0.25, -0.2) is 9.79 Å². The molecule has 0 aliphatic carbocycles. The molecule has 1 aromatic rings. The number of benzene rings is 1. The number of rotatable bonds is 6. The minimum Gasteiger partial charge on any atom is -0.476 e. The van der Waals surface area contributed by atoms with E-state index in [0.717, 1.165) is 5.56 Å². The third-order valence-corrected chi connectivity index (χ3v) is 3.94. The Balaban J connectivity index is 1.80. The van der Waals surface area contributed by atoms with Crippen molar-refractivity contribution < 1.29 is 24.2 Å². The van der Waals surface area contributed by atoms with Crippen molar-refractivity contribution in [2.45, 2.75) is 0 Å². The van der Waals surface area contributed by atoms with Crippen LogP contribution in [-0.2, 0) is 19.1 Å². The summed E-state index contributed by atoms with van der Waals surface area (Å²) in [5.74, 6) is -0.310. The van der Waals surface area contributed by atoms with E-state index in [1.807, 2.05) is 12.1 Å². The van der Waals surface area contributed by atoms with E-state index in [2.05, 4.69) is 10.3 Å².